The highest BCUT2D eigenvalue weighted by molar-refractivity contribution is 5.71. The van der Waals surface area contributed by atoms with Crippen LogP contribution in [0.15, 0.2) is 18.3 Å². The smallest absolute Gasteiger partial charge is 0.160 e. The third-order valence-electron chi connectivity index (χ3n) is 4.82. The number of rotatable bonds is 4. The molecule has 0 N–H and O–H groups in total. The quantitative estimate of drug-likeness (QED) is 0.858. The summed E-state index contributed by atoms with van der Waals surface area (Å²) in [6, 6.07) is 4.69. The van der Waals surface area contributed by atoms with Crippen molar-refractivity contribution in [1.29, 1.82) is 0 Å². The van der Waals surface area contributed by atoms with Crippen molar-refractivity contribution in [2.24, 2.45) is 5.41 Å². The number of hydrogen-bond acceptors (Lipinski definition) is 3. The highest BCUT2D eigenvalue weighted by Crippen LogP contribution is 2.25. The normalized spacial score (nSPS) is 20.3. The minimum atomic E-state index is 0.232. The van der Waals surface area contributed by atoms with Crippen LogP contribution in [0.1, 0.15) is 52.8 Å². The number of imidazole rings is 1. The minimum Gasteiger partial charge on any atom is -0.311 e. The maximum Gasteiger partial charge on any atom is 0.160 e. The number of likely N-dealkylation sites (N-methyl/N-ethyl adjacent to an activating group) is 1. The number of pyridine rings is 1. The summed E-state index contributed by atoms with van der Waals surface area (Å²) in [4.78, 5) is 12.2. The van der Waals surface area contributed by atoms with E-state index in [0.717, 1.165) is 30.7 Å². The summed E-state index contributed by atoms with van der Waals surface area (Å²) in [5, 5.41) is 0. The van der Waals surface area contributed by atoms with Crippen molar-refractivity contribution < 1.29 is 0 Å². The first-order valence-electron chi connectivity index (χ1n) is 9.02. The molecule has 126 valence electrons. The molecule has 4 heteroatoms. The van der Waals surface area contributed by atoms with Gasteiger partial charge in [-0.1, -0.05) is 34.1 Å². The summed E-state index contributed by atoms with van der Waals surface area (Å²) in [6.45, 7) is 12.5. The molecule has 0 spiro atoms. The van der Waals surface area contributed by atoms with Gasteiger partial charge in [0.05, 0.1) is 0 Å². The maximum absolute atomic E-state index is 4.90. The third-order valence-corrected chi connectivity index (χ3v) is 4.82. The first kappa shape index (κ1) is 16.4. The van der Waals surface area contributed by atoms with E-state index in [1.54, 1.807) is 0 Å². The fourth-order valence-electron chi connectivity index (χ4n) is 3.70. The molecule has 23 heavy (non-hydrogen) atoms. The predicted molar refractivity (Wildman–Crippen MR) is 95.6 cm³/mol. The van der Waals surface area contributed by atoms with Gasteiger partial charge in [-0.2, -0.15) is 0 Å². The van der Waals surface area contributed by atoms with Gasteiger partial charge in [0, 0.05) is 25.2 Å². The van der Waals surface area contributed by atoms with Crippen LogP contribution in [-0.2, 0) is 13.0 Å². The molecule has 2 aromatic rings. The summed E-state index contributed by atoms with van der Waals surface area (Å²) in [6.07, 6.45) is 6.84. The molecule has 1 aliphatic rings. The van der Waals surface area contributed by atoms with E-state index in [4.69, 9.17) is 4.98 Å². The molecule has 1 atom stereocenters. The van der Waals surface area contributed by atoms with Crippen LogP contribution in [0.25, 0.3) is 11.2 Å². The highest BCUT2D eigenvalue weighted by atomic mass is 15.2. The molecule has 0 saturated carbocycles. The first-order chi connectivity index (χ1) is 11.0. The molecule has 1 saturated heterocycles. The maximum atomic E-state index is 4.90. The lowest BCUT2D eigenvalue weighted by molar-refractivity contribution is 0.140. The molecule has 0 amide bonds. The molecule has 0 bridgehead atoms. The van der Waals surface area contributed by atoms with E-state index in [2.05, 4.69) is 48.2 Å². The van der Waals surface area contributed by atoms with Gasteiger partial charge in [-0.15, -0.1) is 0 Å². The Labute approximate surface area is 139 Å². The molecule has 3 rings (SSSR count). The van der Waals surface area contributed by atoms with Gasteiger partial charge in [0.15, 0.2) is 5.65 Å². The molecule has 0 aromatic carbocycles. The average molecular weight is 314 g/mol. The Balaban J connectivity index is 1.95. The van der Waals surface area contributed by atoms with Crippen LogP contribution in [0.4, 0.5) is 0 Å². The van der Waals surface area contributed by atoms with E-state index in [-0.39, 0.29) is 5.41 Å². The lowest BCUT2D eigenvalue weighted by Crippen LogP contribution is -2.42. The largest absolute Gasteiger partial charge is 0.311 e. The zero-order valence-corrected chi connectivity index (χ0v) is 15.0. The summed E-state index contributed by atoms with van der Waals surface area (Å²) in [5.74, 6) is 1.19. The van der Waals surface area contributed by atoms with Crippen LogP contribution in [0.3, 0.4) is 0 Å². The zero-order valence-electron chi connectivity index (χ0n) is 15.0. The summed E-state index contributed by atoms with van der Waals surface area (Å²) in [7, 11) is 0. The number of aromatic nitrogens is 3. The van der Waals surface area contributed by atoms with Crippen molar-refractivity contribution in [3.8, 4) is 0 Å². The van der Waals surface area contributed by atoms with Gasteiger partial charge in [0.2, 0.25) is 0 Å². The standard InChI is InChI=1S/C19H30N4/c1-5-22-12-7-6-9-15(22)14-23-17(13-19(2,3)4)21-16-10-8-11-20-18(16)23/h8,10-11,15H,5-7,9,12-14H2,1-4H3. The van der Waals surface area contributed by atoms with Crippen LogP contribution >= 0.6 is 0 Å². The average Bonchev–Trinajstić information content (AvgIpc) is 2.83. The zero-order chi connectivity index (χ0) is 16.4. The van der Waals surface area contributed by atoms with Gasteiger partial charge in [0.25, 0.3) is 0 Å². The van der Waals surface area contributed by atoms with Crippen molar-refractivity contribution in [2.75, 3.05) is 13.1 Å². The van der Waals surface area contributed by atoms with Crippen LogP contribution < -0.4 is 0 Å². The Morgan fingerprint density at radius 3 is 2.83 bits per heavy atom. The number of piperidine rings is 1. The lowest BCUT2D eigenvalue weighted by Gasteiger charge is -2.35. The molecule has 0 radical (unpaired) electrons. The number of hydrogen-bond donors (Lipinski definition) is 0. The van der Waals surface area contributed by atoms with Gasteiger partial charge in [-0.05, 0) is 43.5 Å². The van der Waals surface area contributed by atoms with Crippen LogP contribution in [0, 0.1) is 5.41 Å². The Morgan fingerprint density at radius 2 is 2.09 bits per heavy atom. The third kappa shape index (κ3) is 3.74. The second kappa shape index (κ2) is 6.60. The first-order valence-corrected chi connectivity index (χ1v) is 9.02. The lowest BCUT2D eigenvalue weighted by atomic mass is 9.92. The highest BCUT2D eigenvalue weighted by Gasteiger charge is 2.25. The fourth-order valence-corrected chi connectivity index (χ4v) is 3.70. The second-order valence-corrected chi connectivity index (χ2v) is 8.00. The fraction of sp³-hybridized carbons (Fsp3) is 0.684. The number of fused-ring (bicyclic) bond motifs is 1. The Kier molecular flexibility index (Phi) is 4.72. The van der Waals surface area contributed by atoms with Crippen molar-refractivity contribution in [3.05, 3.63) is 24.2 Å². The van der Waals surface area contributed by atoms with Gasteiger partial charge >= 0.3 is 0 Å². The SMILES string of the molecule is CCN1CCCCC1Cn1c(CC(C)(C)C)nc2cccnc21. The van der Waals surface area contributed by atoms with E-state index >= 15 is 0 Å². The molecule has 1 aliphatic heterocycles. The van der Waals surface area contributed by atoms with Gasteiger partial charge < -0.3 is 4.57 Å². The van der Waals surface area contributed by atoms with E-state index in [1.807, 2.05) is 12.3 Å². The Hall–Kier alpha value is -1.42. The minimum absolute atomic E-state index is 0.232. The van der Waals surface area contributed by atoms with E-state index in [1.165, 1.54) is 31.6 Å². The molecule has 2 aromatic heterocycles. The van der Waals surface area contributed by atoms with Crippen molar-refractivity contribution >= 4 is 11.2 Å². The topological polar surface area (TPSA) is 34.0 Å². The monoisotopic (exact) mass is 314 g/mol. The van der Waals surface area contributed by atoms with E-state index in [0.29, 0.717) is 6.04 Å². The molecular weight excluding hydrogens is 284 g/mol. The van der Waals surface area contributed by atoms with E-state index in [9.17, 15) is 0 Å². The molecule has 4 nitrogen and oxygen atoms in total. The Morgan fingerprint density at radius 1 is 1.26 bits per heavy atom. The van der Waals surface area contributed by atoms with Crippen LogP contribution in [-0.4, -0.2) is 38.6 Å². The van der Waals surface area contributed by atoms with Crippen molar-refractivity contribution in [2.45, 2.75) is 66.0 Å². The number of likely N-dealkylation sites (tertiary alicyclic amines) is 1. The van der Waals surface area contributed by atoms with Crippen LogP contribution in [0.2, 0.25) is 0 Å². The van der Waals surface area contributed by atoms with Gasteiger partial charge in [-0.3, -0.25) is 4.90 Å². The van der Waals surface area contributed by atoms with Crippen LogP contribution in [0.5, 0.6) is 0 Å². The second-order valence-electron chi connectivity index (χ2n) is 8.00. The Bertz CT molecular complexity index is 653. The van der Waals surface area contributed by atoms with E-state index < -0.39 is 0 Å². The molecule has 3 heterocycles. The summed E-state index contributed by atoms with van der Waals surface area (Å²) in [5.41, 5.74) is 2.31. The van der Waals surface area contributed by atoms with Crippen molar-refractivity contribution in [1.82, 2.24) is 19.4 Å². The summed E-state index contributed by atoms with van der Waals surface area (Å²) >= 11 is 0. The van der Waals surface area contributed by atoms with Gasteiger partial charge in [-0.25, -0.2) is 9.97 Å². The number of nitrogens with zero attached hydrogens (tertiary/aromatic N) is 4. The molecule has 1 fully saturated rings. The van der Waals surface area contributed by atoms with Gasteiger partial charge in [0.1, 0.15) is 11.3 Å². The summed E-state index contributed by atoms with van der Waals surface area (Å²) < 4.78 is 2.39. The molecule has 0 aliphatic carbocycles. The predicted octanol–water partition coefficient (Wildman–Crippen LogP) is 3.89. The molecule has 1 unspecified atom stereocenters. The van der Waals surface area contributed by atoms with Crippen molar-refractivity contribution in [3.63, 3.8) is 0 Å². The molecular formula is C19H30N4.